The number of carbonyl (C=O) groups is 1. The summed E-state index contributed by atoms with van der Waals surface area (Å²) in [7, 11) is 0. The van der Waals surface area contributed by atoms with Crippen LogP contribution in [0.3, 0.4) is 0 Å². The van der Waals surface area contributed by atoms with Gasteiger partial charge >= 0.3 is 0 Å². The average molecular weight is 220 g/mol. The zero-order valence-electron chi connectivity index (χ0n) is 10.8. The van der Waals surface area contributed by atoms with Gasteiger partial charge < -0.3 is 4.74 Å². The highest BCUT2D eigenvalue weighted by atomic mass is 16.5. The molecule has 0 heterocycles. The monoisotopic (exact) mass is 220 g/mol. The van der Waals surface area contributed by atoms with Crippen molar-refractivity contribution in [1.82, 2.24) is 0 Å². The van der Waals surface area contributed by atoms with E-state index in [1.807, 2.05) is 40.7 Å². The first-order valence-corrected chi connectivity index (χ1v) is 5.65. The Balaban J connectivity index is 2.82. The van der Waals surface area contributed by atoms with Gasteiger partial charge in [-0.15, -0.1) is 0 Å². The summed E-state index contributed by atoms with van der Waals surface area (Å²) in [4.78, 5) is 11.5. The number of Topliss-reactive ketones (excluding diaryl/α,β-unsaturated/α-hetero) is 1. The standard InChI is InChI=1S/C14H20O2/c1-9(2)13(15)8-16-14-11(4)7-6-10(3)12(14)5/h6-7,9H,8H2,1-5H3. The van der Waals surface area contributed by atoms with Crippen LogP contribution in [0, 0.1) is 26.7 Å². The number of hydrogen-bond acceptors (Lipinski definition) is 2. The number of benzene rings is 1. The van der Waals surface area contributed by atoms with E-state index in [1.165, 1.54) is 5.56 Å². The molecule has 0 aliphatic rings. The maximum Gasteiger partial charge on any atom is 0.172 e. The fraction of sp³-hybridized carbons (Fsp3) is 0.500. The van der Waals surface area contributed by atoms with Crippen LogP contribution in [0.4, 0.5) is 0 Å². The molecule has 0 amide bonds. The Labute approximate surface area is 97.6 Å². The summed E-state index contributed by atoms with van der Waals surface area (Å²) in [6.45, 7) is 10.0. The summed E-state index contributed by atoms with van der Waals surface area (Å²) in [5.41, 5.74) is 3.40. The minimum absolute atomic E-state index is 0.0328. The van der Waals surface area contributed by atoms with Crippen LogP contribution in [-0.2, 0) is 4.79 Å². The molecular weight excluding hydrogens is 200 g/mol. The van der Waals surface area contributed by atoms with Crippen LogP contribution in [0.1, 0.15) is 30.5 Å². The molecule has 1 aromatic rings. The normalized spacial score (nSPS) is 10.6. The SMILES string of the molecule is Cc1ccc(C)c(OCC(=O)C(C)C)c1C. The second-order valence-corrected chi connectivity index (χ2v) is 4.56. The van der Waals surface area contributed by atoms with Gasteiger partial charge in [0.15, 0.2) is 5.78 Å². The molecule has 0 bridgehead atoms. The lowest BCUT2D eigenvalue weighted by molar-refractivity contribution is -0.123. The van der Waals surface area contributed by atoms with E-state index in [4.69, 9.17) is 4.74 Å². The Morgan fingerprint density at radius 2 is 1.75 bits per heavy atom. The molecule has 0 saturated heterocycles. The van der Waals surface area contributed by atoms with Gasteiger partial charge in [-0.25, -0.2) is 0 Å². The van der Waals surface area contributed by atoms with Crippen molar-refractivity contribution in [3.05, 3.63) is 28.8 Å². The third-order valence-corrected chi connectivity index (χ3v) is 2.88. The molecule has 0 N–H and O–H groups in total. The molecule has 0 aromatic heterocycles. The summed E-state index contributed by atoms with van der Waals surface area (Å²) in [6.07, 6.45) is 0. The lowest BCUT2D eigenvalue weighted by Crippen LogP contribution is -2.17. The predicted octanol–water partition coefficient (Wildman–Crippen LogP) is 3.22. The largest absolute Gasteiger partial charge is 0.485 e. The van der Waals surface area contributed by atoms with Gasteiger partial charge in [0.2, 0.25) is 0 Å². The van der Waals surface area contributed by atoms with Gasteiger partial charge in [0.05, 0.1) is 0 Å². The molecule has 2 heteroatoms. The third kappa shape index (κ3) is 2.84. The number of aryl methyl sites for hydroxylation is 2. The lowest BCUT2D eigenvalue weighted by atomic mass is 10.1. The summed E-state index contributed by atoms with van der Waals surface area (Å²) in [5, 5.41) is 0. The number of hydrogen-bond donors (Lipinski definition) is 0. The molecule has 88 valence electrons. The highest BCUT2D eigenvalue weighted by Gasteiger charge is 2.11. The first-order chi connectivity index (χ1) is 7.43. The molecular formula is C14H20O2. The number of ketones is 1. The third-order valence-electron chi connectivity index (χ3n) is 2.88. The van der Waals surface area contributed by atoms with Gasteiger partial charge in [-0.2, -0.15) is 0 Å². The molecule has 0 fully saturated rings. The Morgan fingerprint density at radius 1 is 1.19 bits per heavy atom. The maximum absolute atomic E-state index is 11.5. The summed E-state index contributed by atoms with van der Waals surface area (Å²) in [5.74, 6) is 1.03. The molecule has 0 unspecified atom stereocenters. The van der Waals surface area contributed by atoms with Gasteiger partial charge in [-0.1, -0.05) is 26.0 Å². The van der Waals surface area contributed by atoms with Crippen molar-refractivity contribution >= 4 is 5.78 Å². The summed E-state index contributed by atoms with van der Waals surface area (Å²) < 4.78 is 5.62. The fourth-order valence-electron chi connectivity index (χ4n) is 1.46. The molecule has 1 rings (SSSR count). The van der Waals surface area contributed by atoms with Crippen molar-refractivity contribution in [3.63, 3.8) is 0 Å². The Kier molecular flexibility index (Phi) is 4.11. The first kappa shape index (κ1) is 12.8. The van der Waals surface area contributed by atoms with E-state index in [9.17, 15) is 4.79 Å². The van der Waals surface area contributed by atoms with Crippen LogP contribution in [0.15, 0.2) is 12.1 Å². The van der Waals surface area contributed by atoms with E-state index in [0.29, 0.717) is 0 Å². The van der Waals surface area contributed by atoms with Crippen molar-refractivity contribution in [1.29, 1.82) is 0 Å². The summed E-state index contributed by atoms with van der Waals surface area (Å²) >= 11 is 0. The number of rotatable bonds is 4. The van der Waals surface area contributed by atoms with Crippen LogP contribution in [-0.4, -0.2) is 12.4 Å². The first-order valence-electron chi connectivity index (χ1n) is 5.65. The lowest BCUT2D eigenvalue weighted by Gasteiger charge is -2.14. The van der Waals surface area contributed by atoms with Crippen molar-refractivity contribution in [2.45, 2.75) is 34.6 Å². The van der Waals surface area contributed by atoms with E-state index in [1.54, 1.807) is 0 Å². The van der Waals surface area contributed by atoms with Gasteiger partial charge in [-0.05, 0) is 37.5 Å². The van der Waals surface area contributed by atoms with Crippen LogP contribution in [0.2, 0.25) is 0 Å². The predicted molar refractivity (Wildman–Crippen MR) is 66.0 cm³/mol. The highest BCUT2D eigenvalue weighted by Crippen LogP contribution is 2.25. The molecule has 2 nitrogen and oxygen atoms in total. The van der Waals surface area contributed by atoms with Crippen LogP contribution < -0.4 is 4.74 Å². The number of ether oxygens (including phenoxy) is 1. The second-order valence-electron chi connectivity index (χ2n) is 4.56. The Morgan fingerprint density at radius 3 is 2.31 bits per heavy atom. The molecule has 16 heavy (non-hydrogen) atoms. The molecule has 0 radical (unpaired) electrons. The molecule has 0 spiro atoms. The van der Waals surface area contributed by atoms with Crippen LogP contribution >= 0.6 is 0 Å². The van der Waals surface area contributed by atoms with Gasteiger partial charge in [0, 0.05) is 5.92 Å². The number of carbonyl (C=O) groups excluding carboxylic acids is 1. The van der Waals surface area contributed by atoms with E-state index in [0.717, 1.165) is 16.9 Å². The van der Waals surface area contributed by atoms with E-state index >= 15 is 0 Å². The van der Waals surface area contributed by atoms with E-state index in [2.05, 4.69) is 6.07 Å². The quantitative estimate of drug-likeness (QED) is 0.778. The van der Waals surface area contributed by atoms with Gasteiger partial charge in [0.25, 0.3) is 0 Å². The fourth-order valence-corrected chi connectivity index (χ4v) is 1.46. The Bertz CT molecular complexity index is 392. The minimum atomic E-state index is 0.0328. The maximum atomic E-state index is 11.5. The van der Waals surface area contributed by atoms with Gasteiger partial charge in [0.1, 0.15) is 12.4 Å². The minimum Gasteiger partial charge on any atom is -0.485 e. The highest BCUT2D eigenvalue weighted by molar-refractivity contribution is 5.81. The molecule has 0 atom stereocenters. The van der Waals surface area contributed by atoms with Crippen molar-refractivity contribution in [3.8, 4) is 5.75 Å². The zero-order chi connectivity index (χ0) is 12.3. The topological polar surface area (TPSA) is 26.3 Å². The second kappa shape index (κ2) is 5.15. The van der Waals surface area contributed by atoms with Crippen molar-refractivity contribution < 1.29 is 9.53 Å². The molecule has 0 aliphatic carbocycles. The summed E-state index contributed by atoms with van der Waals surface area (Å²) in [6, 6.07) is 4.10. The molecule has 0 saturated carbocycles. The van der Waals surface area contributed by atoms with Crippen molar-refractivity contribution in [2.24, 2.45) is 5.92 Å². The van der Waals surface area contributed by atoms with Crippen LogP contribution in [0.25, 0.3) is 0 Å². The average Bonchev–Trinajstić information content (AvgIpc) is 2.23. The van der Waals surface area contributed by atoms with Crippen molar-refractivity contribution in [2.75, 3.05) is 6.61 Å². The smallest absolute Gasteiger partial charge is 0.172 e. The molecule has 1 aromatic carbocycles. The zero-order valence-corrected chi connectivity index (χ0v) is 10.8. The Hall–Kier alpha value is -1.31. The van der Waals surface area contributed by atoms with Gasteiger partial charge in [-0.3, -0.25) is 4.79 Å². The van der Waals surface area contributed by atoms with E-state index in [-0.39, 0.29) is 18.3 Å². The van der Waals surface area contributed by atoms with E-state index < -0.39 is 0 Å². The molecule has 0 aliphatic heterocycles. The van der Waals surface area contributed by atoms with Crippen LogP contribution in [0.5, 0.6) is 5.75 Å².